The summed E-state index contributed by atoms with van der Waals surface area (Å²) in [4.78, 5) is 0. The number of aliphatic hydroxyl groups is 1. The predicted molar refractivity (Wildman–Crippen MR) is 66.5 cm³/mol. The van der Waals surface area contributed by atoms with E-state index in [1.54, 1.807) is 18.2 Å². The summed E-state index contributed by atoms with van der Waals surface area (Å²) < 4.78 is 13.6. The molecule has 0 aliphatic heterocycles. The lowest BCUT2D eigenvalue weighted by molar-refractivity contribution is 0.177. The largest absolute Gasteiger partial charge is 0.393 e. The molecule has 2 rings (SSSR count). The van der Waals surface area contributed by atoms with Crippen LogP contribution in [0.2, 0.25) is 5.02 Å². The zero-order chi connectivity index (χ0) is 12.3. The minimum atomic E-state index is -0.340. The van der Waals surface area contributed by atoms with E-state index in [-0.39, 0.29) is 16.9 Å². The summed E-state index contributed by atoms with van der Waals surface area (Å²) >= 11 is 5.70. The smallest absolute Gasteiger partial charge is 0.146 e. The van der Waals surface area contributed by atoms with Crippen LogP contribution in [0.15, 0.2) is 18.2 Å². The van der Waals surface area contributed by atoms with E-state index in [0.717, 1.165) is 25.8 Å². The van der Waals surface area contributed by atoms with Crippen LogP contribution in [0.5, 0.6) is 0 Å². The molecule has 17 heavy (non-hydrogen) atoms. The number of aliphatic hydroxyl groups excluding tert-OH is 1. The molecule has 94 valence electrons. The van der Waals surface area contributed by atoms with Crippen molar-refractivity contribution in [2.45, 2.75) is 31.9 Å². The van der Waals surface area contributed by atoms with E-state index in [1.165, 1.54) is 0 Å². The van der Waals surface area contributed by atoms with Gasteiger partial charge in [-0.2, -0.15) is 0 Å². The third-order valence-electron chi connectivity index (χ3n) is 3.29. The van der Waals surface area contributed by atoms with Gasteiger partial charge < -0.3 is 10.4 Å². The first-order valence-electron chi connectivity index (χ1n) is 5.98. The third kappa shape index (κ3) is 3.41. The van der Waals surface area contributed by atoms with Crippen molar-refractivity contribution in [2.75, 3.05) is 6.54 Å². The fraction of sp³-hybridized carbons (Fsp3) is 0.538. The molecule has 2 N–H and O–H groups in total. The Kier molecular flexibility index (Phi) is 4.37. The van der Waals surface area contributed by atoms with Crippen LogP contribution in [0, 0.1) is 11.7 Å². The monoisotopic (exact) mass is 257 g/mol. The van der Waals surface area contributed by atoms with Crippen molar-refractivity contribution < 1.29 is 9.50 Å². The zero-order valence-electron chi connectivity index (χ0n) is 9.63. The van der Waals surface area contributed by atoms with E-state index < -0.39 is 0 Å². The molecule has 0 spiro atoms. The first-order valence-corrected chi connectivity index (χ1v) is 6.36. The van der Waals surface area contributed by atoms with Gasteiger partial charge in [-0.1, -0.05) is 23.7 Å². The van der Waals surface area contributed by atoms with E-state index in [0.29, 0.717) is 18.0 Å². The Morgan fingerprint density at radius 3 is 2.94 bits per heavy atom. The SMILES string of the molecule is OC1CCC(CNCc2cccc(Cl)c2F)C1. The lowest BCUT2D eigenvalue weighted by Gasteiger charge is -2.11. The van der Waals surface area contributed by atoms with Gasteiger partial charge in [0.1, 0.15) is 5.82 Å². The first-order chi connectivity index (χ1) is 8.16. The second kappa shape index (κ2) is 5.80. The maximum Gasteiger partial charge on any atom is 0.146 e. The molecule has 1 aromatic carbocycles. The van der Waals surface area contributed by atoms with Gasteiger partial charge in [0.2, 0.25) is 0 Å². The van der Waals surface area contributed by atoms with Gasteiger partial charge in [-0.05, 0) is 37.8 Å². The highest BCUT2D eigenvalue weighted by molar-refractivity contribution is 6.30. The molecule has 1 aliphatic carbocycles. The van der Waals surface area contributed by atoms with Crippen molar-refractivity contribution in [3.8, 4) is 0 Å². The standard InChI is InChI=1S/C13H17ClFNO/c14-12-3-1-2-10(13(12)15)8-16-7-9-4-5-11(17)6-9/h1-3,9,11,16-17H,4-8H2. The molecule has 1 aromatic rings. The normalized spacial score (nSPS) is 24.2. The number of hydrogen-bond acceptors (Lipinski definition) is 2. The summed E-state index contributed by atoms with van der Waals surface area (Å²) in [5, 5.41) is 12.8. The average Bonchev–Trinajstić information content (AvgIpc) is 2.70. The summed E-state index contributed by atoms with van der Waals surface area (Å²) in [5.74, 6) is 0.167. The minimum Gasteiger partial charge on any atom is -0.393 e. The maximum absolute atomic E-state index is 13.6. The lowest BCUT2D eigenvalue weighted by Crippen LogP contribution is -2.22. The van der Waals surface area contributed by atoms with Crippen LogP contribution in [0.4, 0.5) is 4.39 Å². The Balaban J connectivity index is 1.80. The van der Waals surface area contributed by atoms with Crippen molar-refractivity contribution in [3.63, 3.8) is 0 Å². The van der Waals surface area contributed by atoms with Crippen molar-refractivity contribution in [3.05, 3.63) is 34.6 Å². The fourth-order valence-corrected chi connectivity index (χ4v) is 2.52. The van der Waals surface area contributed by atoms with Crippen LogP contribution in [0.25, 0.3) is 0 Å². The van der Waals surface area contributed by atoms with Crippen molar-refractivity contribution in [1.29, 1.82) is 0 Å². The molecule has 1 fully saturated rings. The number of rotatable bonds is 4. The summed E-state index contributed by atoms with van der Waals surface area (Å²) in [5.41, 5.74) is 0.594. The Hall–Kier alpha value is -0.640. The molecule has 0 saturated heterocycles. The predicted octanol–water partition coefficient (Wildman–Crippen LogP) is 2.73. The zero-order valence-corrected chi connectivity index (χ0v) is 10.4. The van der Waals surface area contributed by atoms with Gasteiger partial charge >= 0.3 is 0 Å². The molecule has 2 nitrogen and oxygen atoms in total. The number of halogens is 2. The van der Waals surface area contributed by atoms with Crippen molar-refractivity contribution in [2.24, 2.45) is 5.92 Å². The Labute approximate surface area is 106 Å². The van der Waals surface area contributed by atoms with Gasteiger partial charge in [0.05, 0.1) is 11.1 Å². The van der Waals surface area contributed by atoms with E-state index in [1.807, 2.05) is 0 Å². The van der Waals surface area contributed by atoms with Crippen LogP contribution < -0.4 is 5.32 Å². The van der Waals surface area contributed by atoms with Crippen LogP contribution in [0.3, 0.4) is 0 Å². The van der Waals surface area contributed by atoms with E-state index in [9.17, 15) is 9.50 Å². The van der Waals surface area contributed by atoms with E-state index in [2.05, 4.69) is 5.32 Å². The van der Waals surface area contributed by atoms with Crippen LogP contribution in [-0.2, 0) is 6.54 Å². The number of hydrogen-bond donors (Lipinski definition) is 2. The molecule has 4 heteroatoms. The van der Waals surface area contributed by atoms with Gasteiger partial charge in [-0.3, -0.25) is 0 Å². The molecular formula is C13H17ClFNO. The summed E-state index contributed by atoms with van der Waals surface area (Å²) in [6.45, 7) is 1.31. The van der Waals surface area contributed by atoms with Gasteiger partial charge in [0.15, 0.2) is 0 Å². The highest BCUT2D eigenvalue weighted by Crippen LogP contribution is 2.24. The molecule has 0 amide bonds. The quantitative estimate of drug-likeness (QED) is 0.869. The van der Waals surface area contributed by atoms with Crippen LogP contribution in [0.1, 0.15) is 24.8 Å². The van der Waals surface area contributed by atoms with Crippen LogP contribution in [-0.4, -0.2) is 17.8 Å². The van der Waals surface area contributed by atoms with Gasteiger partial charge in [0.25, 0.3) is 0 Å². The van der Waals surface area contributed by atoms with Gasteiger partial charge in [0, 0.05) is 12.1 Å². The minimum absolute atomic E-state index is 0.148. The number of nitrogens with one attached hydrogen (secondary N) is 1. The fourth-order valence-electron chi connectivity index (χ4n) is 2.33. The van der Waals surface area contributed by atoms with E-state index in [4.69, 9.17) is 11.6 Å². The van der Waals surface area contributed by atoms with E-state index >= 15 is 0 Å². The second-order valence-electron chi connectivity index (χ2n) is 4.68. The second-order valence-corrected chi connectivity index (χ2v) is 5.08. The maximum atomic E-state index is 13.6. The molecule has 1 aliphatic rings. The third-order valence-corrected chi connectivity index (χ3v) is 3.59. The van der Waals surface area contributed by atoms with Gasteiger partial charge in [-0.15, -0.1) is 0 Å². The Morgan fingerprint density at radius 2 is 2.24 bits per heavy atom. The van der Waals surface area contributed by atoms with Gasteiger partial charge in [-0.25, -0.2) is 4.39 Å². The molecule has 0 bridgehead atoms. The summed E-state index contributed by atoms with van der Waals surface area (Å²) in [7, 11) is 0. The Morgan fingerprint density at radius 1 is 1.41 bits per heavy atom. The Bertz CT molecular complexity index is 386. The summed E-state index contributed by atoms with van der Waals surface area (Å²) in [6.07, 6.45) is 2.64. The lowest BCUT2D eigenvalue weighted by atomic mass is 10.1. The van der Waals surface area contributed by atoms with Crippen molar-refractivity contribution in [1.82, 2.24) is 5.32 Å². The molecule has 1 saturated carbocycles. The molecular weight excluding hydrogens is 241 g/mol. The molecule has 2 unspecified atom stereocenters. The highest BCUT2D eigenvalue weighted by atomic mass is 35.5. The molecule has 0 aromatic heterocycles. The molecule has 0 radical (unpaired) electrons. The highest BCUT2D eigenvalue weighted by Gasteiger charge is 2.22. The van der Waals surface area contributed by atoms with Crippen molar-refractivity contribution >= 4 is 11.6 Å². The summed E-state index contributed by atoms with van der Waals surface area (Å²) in [6, 6.07) is 5.03. The molecule has 0 heterocycles. The first kappa shape index (κ1) is 12.8. The topological polar surface area (TPSA) is 32.3 Å². The molecule has 2 atom stereocenters. The average molecular weight is 258 g/mol. The van der Waals surface area contributed by atoms with Crippen LogP contribution >= 0.6 is 11.6 Å². The number of benzene rings is 1.